The minimum atomic E-state index is 0.245. The first-order valence-electron chi connectivity index (χ1n) is 4.32. The van der Waals surface area contributed by atoms with Gasteiger partial charge in [0.05, 0.1) is 0 Å². The zero-order valence-corrected chi connectivity index (χ0v) is 9.01. The summed E-state index contributed by atoms with van der Waals surface area (Å²) in [5.74, 6) is 0.929. The van der Waals surface area contributed by atoms with Crippen LogP contribution in [0.4, 0.5) is 0 Å². The van der Waals surface area contributed by atoms with Gasteiger partial charge < -0.3 is 9.84 Å². The van der Waals surface area contributed by atoms with Gasteiger partial charge >= 0.3 is 0 Å². The van der Waals surface area contributed by atoms with Crippen molar-refractivity contribution < 1.29 is 9.84 Å². The maximum Gasteiger partial charge on any atom is 0.126 e. The number of benzene rings is 1. The average Bonchev–Trinajstić information content (AvgIpc) is 2.20. The van der Waals surface area contributed by atoms with Crippen molar-refractivity contribution in [1.29, 1.82) is 0 Å². The molecule has 0 unspecified atom stereocenters. The van der Waals surface area contributed by atoms with Gasteiger partial charge in [-0.15, -0.1) is 0 Å². The minimum Gasteiger partial charge on any atom is -0.508 e. The Morgan fingerprint density at radius 3 is 2.93 bits per heavy atom. The van der Waals surface area contributed by atoms with Crippen LogP contribution < -0.4 is 4.74 Å². The highest BCUT2D eigenvalue weighted by atomic mass is 35.5. The number of phenols is 1. The van der Waals surface area contributed by atoms with Gasteiger partial charge in [0.15, 0.2) is 0 Å². The van der Waals surface area contributed by atoms with E-state index >= 15 is 0 Å². The molecule has 14 heavy (non-hydrogen) atoms. The zero-order valence-electron chi connectivity index (χ0n) is 8.25. The molecule has 0 bridgehead atoms. The molecule has 1 aromatic carbocycles. The second kappa shape index (κ2) is 4.91. The highest BCUT2D eigenvalue weighted by molar-refractivity contribution is 6.25. The van der Waals surface area contributed by atoms with Crippen molar-refractivity contribution in [2.75, 3.05) is 6.61 Å². The Bertz CT molecular complexity index is 345. The fourth-order valence-electron chi connectivity index (χ4n) is 0.982. The van der Waals surface area contributed by atoms with E-state index < -0.39 is 0 Å². The Morgan fingerprint density at radius 1 is 1.57 bits per heavy atom. The largest absolute Gasteiger partial charge is 0.508 e. The molecular formula is C11H13ClO2. The van der Waals surface area contributed by atoms with Gasteiger partial charge in [-0.25, -0.2) is 0 Å². The number of ether oxygens (including phenoxy) is 1. The third-order valence-electron chi connectivity index (χ3n) is 1.90. The quantitative estimate of drug-likeness (QED) is 0.834. The third-order valence-corrected chi connectivity index (χ3v) is 2.27. The molecule has 1 rings (SSSR count). The molecule has 0 spiro atoms. The summed E-state index contributed by atoms with van der Waals surface area (Å²) >= 11 is 5.50. The van der Waals surface area contributed by atoms with Crippen molar-refractivity contribution in [2.24, 2.45) is 0 Å². The summed E-state index contributed by atoms with van der Waals surface area (Å²) in [6.45, 7) is 4.13. The van der Waals surface area contributed by atoms with E-state index in [2.05, 4.69) is 0 Å². The molecule has 0 fully saturated rings. The molecule has 0 saturated heterocycles. The predicted molar refractivity (Wildman–Crippen MR) is 57.9 cm³/mol. The van der Waals surface area contributed by atoms with Gasteiger partial charge in [-0.2, -0.15) is 0 Å². The van der Waals surface area contributed by atoms with Gasteiger partial charge in [0.25, 0.3) is 0 Å². The smallest absolute Gasteiger partial charge is 0.126 e. The van der Waals surface area contributed by atoms with E-state index in [-0.39, 0.29) is 5.75 Å². The standard InChI is InChI=1S/C11H13ClO2/c1-8(6-12)7-14-11-5-3-4-10(13)9(11)2/h3-6,13H,7H2,1-2H3/b8-6-. The first-order chi connectivity index (χ1) is 6.65. The molecule has 76 valence electrons. The molecule has 1 N–H and O–H groups in total. The van der Waals surface area contributed by atoms with E-state index in [0.29, 0.717) is 12.4 Å². The number of rotatable bonds is 3. The molecule has 0 amide bonds. The van der Waals surface area contributed by atoms with Gasteiger partial charge in [0, 0.05) is 11.1 Å². The van der Waals surface area contributed by atoms with Crippen LogP contribution in [0.25, 0.3) is 0 Å². The summed E-state index contributed by atoms with van der Waals surface area (Å²) < 4.78 is 5.46. The Kier molecular flexibility index (Phi) is 3.84. The SMILES string of the molecule is C/C(=C/Cl)COc1cccc(O)c1C. The molecule has 2 nitrogen and oxygen atoms in total. The van der Waals surface area contributed by atoms with Crippen molar-refractivity contribution in [3.8, 4) is 11.5 Å². The van der Waals surface area contributed by atoms with Crippen molar-refractivity contribution in [3.05, 3.63) is 34.9 Å². The Labute approximate surface area is 88.8 Å². The highest BCUT2D eigenvalue weighted by Crippen LogP contribution is 2.26. The van der Waals surface area contributed by atoms with Gasteiger partial charge in [-0.1, -0.05) is 17.7 Å². The van der Waals surface area contributed by atoms with Crippen LogP contribution >= 0.6 is 11.6 Å². The summed E-state index contributed by atoms with van der Waals surface area (Å²) in [4.78, 5) is 0. The molecule has 0 aromatic heterocycles. The van der Waals surface area contributed by atoms with Crippen molar-refractivity contribution in [3.63, 3.8) is 0 Å². The van der Waals surface area contributed by atoms with Crippen LogP contribution in [0.5, 0.6) is 11.5 Å². The molecule has 1 aromatic rings. The molecule has 0 aliphatic heterocycles. The number of hydrogen-bond donors (Lipinski definition) is 1. The van der Waals surface area contributed by atoms with Gasteiger partial charge in [0.1, 0.15) is 18.1 Å². The van der Waals surface area contributed by atoms with Crippen LogP contribution in [-0.4, -0.2) is 11.7 Å². The molecule has 0 aliphatic rings. The molecule has 0 atom stereocenters. The molecule has 0 radical (unpaired) electrons. The van der Waals surface area contributed by atoms with Crippen LogP contribution in [0.15, 0.2) is 29.3 Å². The lowest BCUT2D eigenvalue weighted by Crippen LogP contribution is -1.99. The second-order valence-electron chi connectivity index (χ2n) is 3.14. The van der Waals surface area contributed by atoms with Crippen LogP contribution in [0.2, 0.25) is 0 Å². The Balaban J connectivity index is 2.73. The predicted octanol–water partition coefficient (Wildman–Crippen LogP) is 3.22. The summed E-state index contributed by atoms with van der Waals surface area (Å²) in [7, 11) is 0. The Hall–Kier alpha value is -1.15. The highest BCUT2D eigenvalue weighted by Gasteiger charge is 2.03. The van der Waals surface area contributed by atoms with E-state index in [0.717, 1.165) is 11.1 Å². The number of phenolic OH excluding ortho intramolecular Hbond substituents is 1. The zero-order chi connectivity index (χ0) is 10.6. The first-order valence-corrected chi connectivity index (χ1v) is 4.76. The maximum absolute atomic E-state index is 9.40. The molecule has 0 heterocycles. The first kappa shape index (κ1) is 10.9. The van der Waals surface area contributed by atoms with E-state index in [4.69, 9.17) is 16.3 Å². The number of aromatic hydroxyl groups is 1. The molecular weight excluding hydrogens is 200 g/mol. The average molecular weight is 213 g/mol. The van der Waals surface area contributed by atoms with Crippen molar-refractivity contribution >= 4 is 11.6 Å². The molecule has 0 aliphatic carbocycles. The second-order valence-corrected chi connectivity index (χ2v) is 3.36. The fraction of sp³-hybridized carbons (Fsp3) is 0.273. The fourth-order valence-corrected chi connectivity index (χ4v) is 1.05. The van der Waals surface area contributed by atoms with Gasteiger partial charge in [-0.3, -0.25) is 0 Å². The summed E-state index contributed by atoms with van der Waals surface area (Å²) in [6, 6.07) is 5.19. The maximum atomic E-state index is 9.40. The van der Waals surface area contributed by atoms with Crippen molar-refractivity contribution in [1.82, 2.24) is 0 Å². The van der Waals surface area contributed by atoms with E-state index in [9.17, 15) is 5.11 Å². The van der Waals surface area contributed by atoms with Gasteiger partial charge in [0.2, 0.25) is 0 Å². The lowest BCUT2D eigenvalue weighted by Gasteiger charge is -2.09. The van der Waals surface area contributed by atoms with Crippen LogP contribution in [0, 0.1) is 6.92 Å². The van der Waals surface area contributed by atoms with E-state index in [1.54, 1.807) is 12.1 Å². The van der Waals surface area contributed by atoms with Gasteiger partial charge in [-0.05, 0) is 31.6 Å². The topological polar surface area (TPSA) is 29.5 Å². The normalized spacial score (nSPS) is 11.5. The molecule has 3 heteroatoms. The minimum absolute atomic E-state index is 0.245. The van der Waals surface area contributed by atoms with E-state index in [1.807, 2.05) is 19.9 Å². The van der Waals surface area contributed by atoms with Crippen LogP contribution in [0.3, 0.4) is 0 Å². The number of hydrogen-bond acceptors (Lipinski definition) is 2. The van der Waals surface area contributed by atoms with Crippen LogP contribution in [0.1, 0.15) is 12.5 Å². The number of halogens is 1. The Morgan fingerprint density at radius 2 is 2.29 bits per heavy atom. The summed E-state index contributed by atoms with van der Waals surface area (Å²) in [5, 5.41) is 9.40. The molecule has 0 saturated carbocycles. The monoisotopic (exact) mass is 212 g/mol. The van der Waals surface area contributed by atoms with Crippen molar-refractivity contribution in [2.45, 2.75) is 13.8 Å². The third kappa shape index (κ3) is 2.67. The summed E-state index contributed by atoms with van der Waals surface area (Å²) in [6.07, 6.45) is 0. The lowest BCUT2D eigenvalue weighted by atomic mass is 10.2. The van der Waals surface area contributed by atoms with E-state index in [1.165, 1.54) is 5.54 Å². The lowest BCUT2D eigenvalue weighted by molar-refractivity contribution is 0.346. The summed E-state index contributed by atoms with van der Waals surface area (Å²) in [5.41, 5.74) is 3.17. The van der Waals surface area contributed by atoms with Crippen LogP contribution in [-0.2, 0) is 0 Å².